The van der Waals surface area contributed by atoms with Crippen LogP contribution in [0.15, 0.2) is 48.8 Å². The second-order valence-electron chi connectivity index (χ2n) is 10.2. The van der Waals surface area contributed by atoms with Gasteiger partial charge in [0.15, 0.2) is 5.82 Å². The van der Waals surface area contributed by atoms with Gasteiger partial charge in [0.2, 0.25) is 5.65 Å². The van der Waals surface area contributed by atoms with E-state index in [1.807, 2.05) is 29.2 Å². The highest BCUT2D eigenvalue weighted by atomic mass is 19.4. The minimum absolute atomic E-state index is 0.164. The lowest BCUT2D eigenvalue weighted by atomic mass is 9.79. The Balaban J connectivity index is 1.58. The molecular weight excluding hydrogens is 567 g/mol. The van der Waals surface area contributed by atoms with Crippen LogP contribution in [0.5, 0.6) is 23.0 Å². The maximum absolute atomic E-state index is 13.6. The molecule has 2 heterocycles. The second-order valence-corrected chi connectivity index (χ2v) is 10.2. The van der Waals surface area contributed by atoms with Crippen LogP contribution in [-0.2, 0) is 17.9 Å². The lowest BCUT2D eigenvalue weighted by Gasteiger charge is -2.29. The lowest BCUT2D eigenvalue weighted by Crippen LogP contribution is -2.33. The highest BCUT2D eigenvalue weighted by Gasteiger charge is 2.46. The molecule has 2 unspecified atom stereocenters. The number of ketones is 1. The van der Waals surface area contributed by atoms with Crippen LogP contribution in [-0.4, -0.2) is 60.0 Å². The highest BCUT2D eigenvalue weighted by molar-refractivity contribution is 5.86. The Bertz CT molecular complexity index is 1550. The Labute approximate surface area is 246 Å². The van der Waals surface area contributed by atoms with Crippen LogP contribution in [0.3, 0.4) is 0 Å². The van der Waals surface area contributed by atoms with Crippen molar-refractivity contribution in [3.8, 4) is 23.0 Å². The minimum atomic E-state index is -4.39. The number of nitrogens with zero attached hydrogens (tertiary/aromatic N) is 5. The molecule has 0 bridgehead atoms. The fourth-order valence-electron chi connectivity index (χ4n) is 5.44. The molecule has 2 atom stereocenters. The van der Waals surface area contributed by atoms with E-state index in [-0.39, 0.29) is 30.9 Å². The summed E-state index contributed by atoms with van der Waals surface area (Å²) >= 11 is 0. The van der Waals surface area contributed by atoms with Crippen LogP contribution < -0.4 is 23.8 Å². The van der Waals surface area contributed by atoms with E-state index in [4.69, 9.17) is 18.9 Å². The average Bonchev–Trinajstić information content (AvgIpc) is 3.44. The van der Waals surface area contributed by atoms with Crippen LogP contribution in [0.1, 0.15) is 42.1 Å². The summed E-state index contributed by atoms with van der Waals surface area (Å²) in [6, 6.07) is 10.9. The average molecular weight is 600 g/mol. The van der Waals surface area contributed by atoms with Gasteiger partial charge in [0.25, 0.3) is 0 Å². The van der Waals surface area contributed by atoms with Gasteiger partial charge in [0, 0.05) is 55.2 Å². The van der Waals surface area contributed by atoms with Crippen molar-refractivity contribution in [2.24, 2.45) is 5.92 Å². The minimum Gasteiger partial charge on any atom is -0.497 e. The van der Waals surface area contributed by atoms with Gasteiger partial charge in [-0.3, -0.25) is 9.20 Å². The summed E-state index contributed by atoms with van der Waals surface area (Å²) in [4.78, 5) is 19.4. The molecule has 0 radical (unpaired) electrons. The lowest BCUT2D eigenvalue weighted by molar-refractivity contribution is -0.183. The van der Waals surface area contributed by atoms with Gasteiger partial charge in [-0.1, -0.05) is 0 Å². The number of anilines is 1. The van der Waals surface area contributed by atoms with Crippen molar-refractivity contribution in [2.45, 2.75) is 44.4 Å². The number of ether oxygens (including phenoxy) is 4. The number of methoxy groups -OCH3 is 4. The van der Waals surface area contributed by atoms with Crippen LogP contribution in [0, 0.1) is 5.92 Å². The maximum Gasteiger partial charge on any atom is 0.391 e. The third kappa shape index (κ3) is 6.15. The summed E-state index contributed by atoms with van der Waals surface area (Å²) < 4.78 is 64.3. The zero-order valence-corrected chi connectivity index (χ0v) is 24.2. The van der Waals surface area contributed by atoms with Gasteiger partial charge in [-0.05, 0) is 37.1 Å². The van der Waals surface area contributed by atoms with Crippen molar-refractivity contribution in [2.75, 3.05) is 33.3 Å². The molecule has 10 nitrogen and oxygen atoms in total. The molecule has 43 heavy (non-hydrogen) atoms. The fourth-order valence-corrected chi connectivity index (χ4v) is 5.44. The van der Waals surface area contributed by atoms with Gasteiger partial charge in [0.1, 0.15) is 34.6 Å². The fraction of sp³-hybridized carbons (Fsp3) is 0.400. The largest absolute Gasteiger partial charge is 0.497 e. The van der Waals surface area contributed by atoms with Crippen molar-refractivity contribution in [1.29, 1.82) is 0 Å². The van der Waals surface area contributed by atoms with E-state index in [0.717, 1.165) is 11.1 Å². The monoisotopic (exact) mass is 599 g/mol. The van der Waals surface area contributed by atoms with E-state index < -0.39 is 18.0 Å². The molecular formula is C30H32F3N5O5. The van der Waals surface area contributed by atoms with E-state index in [9.17, 15) is 18.0 Å². The first-order valence-electron chi connectivity index (χ1n) is 13.6. The summed E-state index contributed by atoms with van der Waals surface area (Å²) in [5.41, 5.74) is 1.93. The van der Waals surface area contributed by atoms with Gasteiger partial charge in [-0.15, -0.1) is 10.2 Å². The molecule has 1 fully saturated rings. The SMILES string of the molecule is COc1ccc(CN(Cc2ccc(OC)cc2OC)c2nccn3c(C4CC(C(F)(F)F)CCC4=O)nnc23)c(OC)c1. The molecule has 1 saturated carbocycles. The summed E-state index contributed by atoms with van der Waals surface area (Å²) in [5.74, 6) is 0.122. The van der Waals surface area contributed by atoms with E-state index >= 15 is 0 Å². The second kappa shape index (κ2) is 12.4. The molecule has 0 saturated heterocycles. The number of Topliss-reactive ketones (excluding diaryl/α,β-unsaturated/α-hetero) is 1. The normalized spacial score (nSPS) is 17.1. The Hall–Kier alpha value is -4.55. The summed E-state index contributed by atoms with van der Waals surface area (Å²) in [5, 5.41) is 8.56. The van der Waals surface area contributed by atoms with E-state index in [1.54, 1.807) is 51.2 Å². The van der Waals surface area contributed by atoms with Gasteiger partial charge in [-0.25, -0.2) is 4.98 Å². The Kier molecular flexibility index (Phi) is 8.60. The molecule has 5 rings (SSSR count). The smallest absolute Gasteiger partial charge is 0.391 e. The van der Waals surface area contributed by atoms with Gasteiger partial charge in [0.05, 0.1) is 40.3 Å². The predicted molar refractivity (Wildman–Crippen MR) is 151 cm³/mol. The molecule has 13 heteroatoms. The molecule has 4 aromatic rings. The number of hydrogen-bond acceptors (Lipinski definition) is 9. The molecule has 2 aromatic carbocycles. The number of aromatic nitrogens is 4. The number of fused-ring (bicyclic) bond motifs is 1. The van der Waals surface area contributed by atoms with Crippen LogP contribution in [0.4, 0.5) is 19.0 Å². The van der Waals surface area contributed by atoms with Crippen LogP contribution >= 0.6 is 0 Å². The summed E-state index contributed by atoms with van der Waals surface area (Å²) in [6.07, 6.45) is -2.05. The number of alkyl halides is 3. The number of hydrogen-bond donors (Lipinski definition) is 0. The number of rotatable bonds is 10. The molecule has 0 N–H and O–H groups in total. The van der Waals surface area contributed by atoms with E-state index in [1.165, 1.54) is 6.20 Å². The molecule has 2 aromatic heterocycles. The molecule has 228 valence electrons. The summed E-state index contributed by atoms with van der Waals surface area (Å²) in [6.45, 7) is 0.603. The number of halogens is 3. The Morgan fingerprint density at radius 2 is 1.51 bits per heavy atom. The van der Waals surface area contributed by atoms with Gasteiger partial charge >= 0.3 is 6.18 Å². The zero-order valence-electron chi connectivity index (χ0n) is 24.2. The van der Waals surface area contributed by atoms with Gasteiger partial charge in [-0.2, -0.15) is 13.2 Å². The third-order valence-corrected chi connectivity index (χ3v) is 7.77. The van der Waals surface area contributed by atoms with Crippen molar-refractivity contribution >= 4 is 17.2 Å². The highest BCUT2D eigenvalue weighted by Crippen LogP contribution is 2.42. The van der Waals surface area contributed by atoms with E-state index in [0.29, 0.717) is 47.6 Å². The van der Waals surface area contributed by atoms with Crippen molar-refractivity contribution in [3.63, 3.8) is 0 Å². The van der Waals surface area contributed by atoms with Gasteiger partial charge < -0.3 is 23.8 Å². The molecule has 0 aliphatic heterocycles. The first-order valence-corrected chi connectivity index (χ1v) is 13.6. The molecule has 0 spiro atoms. The standard InChI is InChI=1S/C30H32F3N5O5/c1-40-21-8-5-18(25(14-21)42-3)16-37(17-19-6-9-22(41-2)15-26(19)43-4)28-29-36-35-27(38(29)12-11-34-28)23-13-20(30(31,32)33)7-10-24(23)39/h5-6,8-9,11-12,14-15,20,23H,7,10,13,16-17H2,1-4H3. The first kappa shape index (κ1) is 29.9. The Morgan fingerprint density at radius 1 is 0.907 bits per heavy atom. The molecule has 1 aliphatic rings. The van der Waals surface area contributed by atoms with Crippen molar-refractivity contribution in [1.82, 2.24) is 19.6 Å². The quantitative estimate of drug-likeness (QED) is 0.238. The van der Waals surface area contributed by atoms with Crippen LogP contribution in [0.25, 0.3) is 5.65 Å². The summed E-state index contributed by atoms with van der Waals surface area (Å²) in [7, 11) is 6.26. The van der Waals surface area contributed by atoms with Crippen LogP contribution in [0.2, 0.25) is 0 Å². The molecule has 1 aliphatic carbocycles. The predicted octanol–water partition coefficient (Wildman–Crippen LogP) is 5.38. The Morgan fingerprint density at radius 3 is 2.05 bits per heavy atom. The number of benzene rings is 2. The number of carbonyl (C=O) groups is 1. The van der Waals surface area contributed by atoms with Crippen molar-refractivity contribution < 1.29 is 36.9 Å². The maximum atomic E-state index is 13.6. The van der Waals surface area contributed by atoms with Crippen molar-refractivity contribution in [3.05, 3.63) is 65.7 Å². The van der Waals surface area contributed by atoms with E-state index in [2.05, 4.69) is 15.2 Å². The number of carbonyl (C=O) groups excluding carboxylic acids is 1. The third-order valence-electron chi connectivity index (χ3n) is 7.77. The zero-order chi connectivity index (χ0) is 30.7. The molecule has 0 amide bonds. The first-order chi connectivity index (χ1) is 20.7. The topological polar surface area (TPSA) is 100 Å².